The summed E-state index contributed by atoms with van der Waals surface area (Å²) in [6.07, 6.45) is 9.23. The Morgan fingerprint density at radius 3 is 2.66 bits per heavy atom. The molecule has 2 aromatic heterocycles. The number of ether oxygens (including phenoxy) is 1. The van der Waals surface area contributed by atoms with E-state index in [0.29, 0.717) is 36.9 Å². The number of hydrogen-bond donors (Lipinski definition) is 2. The first-order valence-corrected chi connectivity index (χ1v) is 13.4. The van der Waals surface area contributed by atoms with Gasteiger partial charge in [0.15, 0.2) is 0 Å². The van der Waals surface area contributed by atoms with E-state index < -0.39 is 0 Å². The highest BCUT2D eigenvalue weighted by molar-refractivity contribution is 5.97. The molecule has 7 nitrogen and oxygen atoms in total. The van der Waals surface area contributed by atoms with Crippen molar-refractivity contribution in [2.45, 2.75) is 58.3 Å². The van der Waals surface area contributed by atoms with Crippen molar-refractivity contribution in [1.29, 1.82) is 0 Å². The van der Waals surface area contributed by atoms with E-state index >= 15 is 0 Å². The molecule has 2 atom stereocenters. The number of hydrogen-bond acceptors (Lipinski definition) is 5. The SMILES string of the molecule is CC[C@@H](C)c1ccc(Cn2cncc2CNC2CCOc3c(C(=O)NCc4ccncc4)cccc32)cc1. The number of amides is 1. The number of nitrogens with one attached hydrogen (secondary N) is 2. The second-order valence-electron chi connectivity index (χ2n) is 9.90. The Hall–Kier alpha value is -3.97. The third-order valence-corrected chi connectivity index (χ3v) is 7.36. The summed E-state index contributed by atoms with van der Waals surface area (Å²) >= 11 is 0. The lowest BCUT2D eigenvalue weighted by Crippen LogP contribution is -2.30. The number of aromatic nitrogens is 3. The monoisotopic (exact) mass is 509 g/mol. The fourth-order valence-corrected chi connectivity index (χ4v) is 4.84. The van der Waals surface area contributed by atoms with Crippen molar-refractivity contribution in [2.24, 2.45) is 0 Å². The van der Waals surface area contributed by atoms with E-state index in [2.05, 4.69) is 63.3 Å². The van der Waals surface area contributed by atoms with Gasteiger partial charge in [-0.3, -0.25) is 9.78 Å². The second-order valence-corrected chi connectivity index (χ2v) is 9.90. The summed E-state index contributed by atoms with van der Waals surface area (Å²) < 4.78 is 8.19. The first-order valence-electron chi connectivity index (χ1n) is 13.4. The molecule has 2 aromatic carbocycles. The summed E-state index contributed by atoms with van der Waals surface area (Å²) in [6, 6.07) is 18.6. The van der Waals surface area contributed by atoms with Gasteiger partial charge in [0.1, 0.15) is 5.75 Å². The van der Waals surface area contributed by atoms with Gasteiger partial charge in [-0.1, -0.05) is 50.2 Å². The van der Waals surface area contributed by atoms with Crippen molar-refractivity contribution in [2.75, 3.05) is 6.61 Å². The Morgan fingerprint density at radius 1 is 1.05 bits per heavy atom. The number of pyridine rings is 1. The van der Waals surface area contributed by atoms with Crippen molar-refractivity contribution in [3.8, 4) is 5.75 Å². The van der Waals surface area contributed by atoms with E-state index in [9.17, 15) is 4.79 Å². The van der Waals surface area contributed by atoms with Crippen LogP contribution in [0.4, 0.5) is 0 Å². The summed E-state index contributed by atoms with van der Waals surface area (Å²) in [5.74, 6) is 1.10. The molecule has 3 heterocycles. The summed E-state index contributed by atoms with van der Waals surface area (Å²) in [7, 11) is 0. The van der Waals surface area contributed by atoms with Gasteiger partial charge in [0, 0.05) is 56.3 Å². The molecule has 1 aliphatic heterocycles. The molecule has 0 bridgehead atoms. The van der Waals surface area contributed by atoms with Gasteiger partial charge in [-0.2, -0.15) is 0 Å². The third kappa shape index (κ3) is 5.94. The number of imidazole rings is 1. The molecule has 0 saturated heterocycles. The van der Waals surface area contributed by atoms with Crippen molar-refractivity contribution < 1.29 is 9.53 Å². The minimum absolute atomic E-state index is 0.0878. The molecule has 0 aliphatic carbocycles. The van der Waals surface area contributed by atoms with Gasteiger partial charge < -0.3 is 19.9 Å². The zero-order valence-corrected chi connectivity index (χ0v) is 22.1. The third-order valence-electron chi connectivity index (χ3n) is 7.36. The number of carbonyl (C=O) groups is 1. The van der Waals surface area contributed by atoms with Crippen LogP contribution in [0.25, 0.3) is 0 Å². The van der Waals surface area contributed by atoms with Gasteiger partial charge in [0.2, 0.25) is 0 Å². The van der Waals surface area contributed by atoms with Gasteiger partial charge in [-0.25, -0.2) is 4.98 Å². The van der Waals surface area contributed by atoms with Gasteiger partial charge >= 0.3 is 0 Å². The molecule has 0 fully saturated rings. The van der Waals surface area contributed by atoms with Gasteiger partial charge in [-0.05, 0) is 47.2 Å². The van der Waals surface area contributed by atoms with Gasteiger partial charge in [0.05, 0.1) is 24.2 Å². The maximum atomic E-state index is 13.0. The summed E-state index contributed by atoms with van der Waals surface area (Å²) in [5, 5.41) is 6.68. The van der Waals surface area contributed by atoms with Crippen LogP contribution in [0.2, 0.25) is 0 Å². The molecular weight excluding hydrogens is 474 g/mol. The standard InChI is InChI=1S/C31H35N5O2/c1-3-22(2)25-9-7-24(8-10-25)20-36-21-33-18-26(36)19-34-29-13-16-38-30-27(29)5-4-6-28(30)31(37)35-17-23-11-14-32-15-12-23/h4-12,14-15,18,21-22,29,34H,3,13,16-17,19-20H2,1-2H3,(H,35,37)/t22-,29?/m1/s1. The van der Waals surface area contributed by atoms with Crippen LogP contribution in [0.3, 0.4) is 0 Å². The molecule has 7 heteroatoms. The topological polar surface area (TPSA) is 81.1 Å². The Balaban J connectivity index is 1.24. The highest BCUT2D eigenvalue weighted by Crippen LogP contribution is 2.35. The molecule has 38 heavy (non-hydrogen) atoms. The van der Waals surface area contributed by atoms with E-state index in [0.717, 1.165) is 36.2 Å². The quantitative estimate of drug-likeness (QED) is 0.300. The lowest BCUT2D eigenvalue weighted by molar-refractivity contribution is 0.0945. The van der Waals surface area contributed by atoms with Crippen molar-refractivity contribution in [1.82, 2.24) is 25.2 Å². The van der Waals surface area contributed by atoms with Crippen LogP contribution in [-0.4, -0.2) is 27.0 Å². The van der Waals surface area contributed by atoms with Crippen LogP contribution < -0.4 is 15.4 Å². The zero-order valence-electron chi connectivity index (χ0n) is 22.1. The number of nitrogens with zero attached hydrogens (tertiary/aromatic N) is 3. The van der Waals surface area contributed by atoms with Crippen LogP contribution in [0, 0.1) is 0 Å². The lowest BCUT2D eigenvalue weighted by Gasteiger charge is -2.28. The molecule has 0 spiro atoms. The van der Waals surface area contributed by atoms with E-state index in [1.54, 1.807) is 12.4 Å². The number of carbonyl (C=O) groups excluding carboxylic acids is 1. The second kappa shape index (κ2) is 12.0. The maximum absolute atomic E-state index is 13.0. The smallest absolute Gasteiger partial charge is 0.255 e. The van der Waals surface area contributed by atoms with Crippen LogP contribution >= 0.6 is 0 Å². The fraction of sp³-hybridized carbons (Fsp3) is 0.323. The lowest BCUT2D eigenvalue weighted by atomic mass is 9.97. The summed E-state index contributed by atoms with van der Waals surface area (Å²) in [6.45, 7) is 6.94. The minimum atomic E-state index is -0.142. The molecule has 196 valence electrons. The Labute approximate surface area is 224 Å². The van der Waals surface area contributed by atoms with Gasteiger partial charge in [0.25, 0.3) is 5.91 Å². The molecule has 1 unspecified atom stereocenters. The predicted octanol–water partition coefficient (Wildman–Crippen LogP) is 5.38. The number of rotatable bonds is 10. The molecule has 0 radical (unpaired) electrons. The van der Waals surface area contributed by atoms with E-state index in [-0.39, 0.29) is 11.9 Å². The largest absolute Gasteiger partial charge is 0.492 e. The van der Waals surface area contributed by atoms with Crippen molar-refractivity contribution in [3.05, 3.63) is 113 Å². The molecule has 1 amide bonds. The van der Waals surface area contributed by atoms with E-state index in [1.807, 2.05) is 42.9 Å². The first kappa shape index (κ1) is 25.7. The Kier molecular flexibility index (Phi) is 8.14. The van der Waals surface area contributed by atoms with Gasteiger partial charge in [-0.15, -0.1) is 0 Å². The van der Waals surface area contributed by atoms with E-state index in [1.165, 1.54) is 11.1 Å². The van der Waals surface area contributed by atoms with Crippen molar-refractivity contribution in [3.63, 3.8) is 0 Å². The molecule has 4 aromatic rings. The Bertz CT molecular complexity index is 1350. The molecule has 2 N–H and O–H groups in total. The number of para-hydroxylation sites is 1. The summed E-state index contributed by atoms with van der Waals surface area (Å²) in [4.78, 5) is 21.4. The van der Waals surface area contributed by atoms with Crippen molar-refractivity contribution >= 4 is 5.91 Å². The minimum Gasteiger partial charge on any atom is -0.492 e. The van der Waals surface area contributed by atoms with E-state index in [4.69, 9.17) is 4.74 Å². The summed E-state index contributed by atoms with van der Waals surface area (Å²) in [5.41, 5.74) is 6.34. The van der Waals surface area contributed by atoms with Crippen LogP contribution in [0.15, 0.2) is 79.5 Å². The number of benzene rings is 2. The average Bonchev–Trinajstić information content (AvgIpc) is 3.41. The zero-order chi connectivity index (χ0) is 26.3. The Morgan fingerprint density at radius 2 is 1.87 bits per heavy atom. The predicted molar refractivity (Wildman–Crippen MR) is 148 cm³/mol. The molecule has 0 saturated carbocycles. The first-order chi connectivity index (χ1) is 18.6. The fourth-order valence-electron chi connectivity index (χ4n) is 4.84. The normalized spacial score (nSPS) is 15.4. The number of fused-ring (bicyclic) bond motifs is 1. The molecule has 5 rings (SSSR count). The average molecular weight is 510 g/mol. The van der Waals surface area contributed by atoms with Crippen LogP contribution in [0.1, 0.15) is 77.0 Å². The highest BCUT2D eigenvalue weighted by Gasteiger charge is 2.26. The molecule has 1 aliphatic rings. The van der Waals surface area contributed by atoms with Crippen LogP contribution in [0.5, 0.6) is 5.75 Å². The maximum Gasteiger partial charge on any atom is 0.255 e. The molecular formula is C31H35N5O2. The van der Waals surface area contributed by atoms with Crippen LogP contribution in [-0.2, 0) is 19.6 Å². The highest BCUT2D eigenvalue weighted by atomic mass is 16.5.